The van der Waals surface area contributed by atoms with Crippen LogP contribution in [0.15, 0.2) is 36.4 Å². The zero-order chi connectivity index (χ0) is 20.0. The number of nitrogens with zero attached hydrogens (tertiary/aromatic N) is 1. The molecule has 0 aliphatic carbocycles. The number of carboxylic acids is 2. The average Bonchev–Trinajstić information content (AvgIpc) is 2.62. The maximum atomic E-state index is 11.6. The number of rotatable bonds is 9. The first kappa shape index (κ1) is 20.1. The van der Waals surface area contributed by atoms with Crippen molar-refractivity contribution < 1.29 is 29.3 Å². The molecule has 0 aromatic heterocycles. The summed E-state index contributed by atoms with van der Waals surface area (Å²) in [5.74, 6) is -1.60. The van der Waals surface area contributed by atoms with Gasteiger partial charge in [0.1, 0.15) is 18.1 Å². The van der Waals surface area contributed by atoms with Crippen LogP contribution in [-0.2, 0) is 0 Å². The molecule has 27 heavy (non-hydrogen) atoms. The van der Waals surface area contributed by atoms with Crippen molar-refractivity contribution in [3.63, 3.8) is 0 Å². The van der Waals surface area contributed by atoms with Gasteiger partial charge in [-0.25, -0.2) is 9.59 Å². The third-order valence-electron chi connectivity index (χ3n) is 3.76. The zero-order valence-electron chi connectivity index (χ0n) is 15.4. The summed E-state index contributed by atoms with van der Waals surface area (Å²) < 4.78 is 11.0. The van der Waals surface area contributed by atoms with E-state index >= 15 is 0 Å². The van der Waals surface area contributed by atoms with Gasteiger partial charge in [-0.05, 0) is 38.4 Å². The van der Waals surface area contributed by atoms with Crippen molar-refractivity contribution in [2.75, 3.05) is 39.7 Å². The second kappa shape index (κ2) is 8.91. The Morgan fingerprint density at radius 1 is 1.07 bits per heavy atom. The number of hydrogen-bond donors (Lipinski definition) is 3. The Morgan fingerprint density at radius 3 is 2.41 bits per heavy atom. The minimum Gasteiger partial charge on any atom is -0.494 e. The van der Waals surface area contributed by atoms with Crippen molar-refractivity contribution in [3.05, 3.63) is 47.5 Å². The van der Waals surface area contributed by atoms with Crippen LogP contribution in [0.25, 0.3) is 0 Å². The number of hydrogen-bond acceptors (Lipinski definition) is 6. The first-order chi connectivity index (χ1) is 12.8. The largest absolute Gasteiger partial charge is 0.494 e. The maximum Gasteiger partial charge on any atom is 0.338 e. The van der Waals surface area contributed by atoms with E-state index in [1.165, 1.54) is 25.3 Å². The highest BCUT2D eigenvalue weighted by Gasteiger charge is 2.20. The normalized spacial score (nSPS) is 10.5. The number of carbonyl (C=O) groups is 2. The van der Waals surface area contributed by atoms with Gasteiger partial charge in [-0.3, -0.25) is 0 Å². The molecule has 0 bridgehead atoms. The Labute approximate surface area is 156 Å². The summed E-state index contributed by atoms with van der Waals surface area (Å²) >= 11 is 0. The average molecular weight is 374 g/mol. The number of nitrogens with one attached hydrogen (secondary N) is 1. The van der Waals surface area contributed by atoms with Gasteiger partial charge < -0.3 is 29.9 Å². The number of aromatic carboxylic acids is 2. The molecule has 0 aliphatic heterocycles. The predicted molar refractivity (Wildman–Crippen MR) is 101 cm³/mol. The summed E-state index contributed by atoms with van der Waals surface area (Å²) in [5.41, 5.74) is 0.0259. The van der Waals surface area contributed by atoms with E-state index in [0.29, 0.717) is 23.8 Å². The van der Waals surface area contributed by atoms with Crippen LogP contribution >= 0.6 is 0 Å². The first-order valence-corrected chi connectivity index (χ1v) is 8.15. The lowest BCUT2D eigenvalue weighted by Crippen LogP contribution is -2.19. The van der Waals surface area contributed by atoms with Crippen LogP contribution in [0.2, 0.25) is 0 Å². The highest BCUT2D eigenvalue weighted by atomic mass is 16.5. The van der Waals surface area contributed by atoms with Crippen molar-refractivity contribution in [2.45, 2.75) is 0 Å². The lowest BCUT2D eigenvalue weighted by molar-refractivity contribution is 0.0652. The molecule has 3 N–H and O–H groups in total. The van der Waals surface area contributed by atoms with Crippen molar-refractivity contribution in [2.24, 2.45) is 0 Å². The molecular formula is C19H22N2O6. The summed E-state index contributed by atoms with van der Waals surface area (Å²) in [5, 5.41) is 21.6. The molecule has 2 aromatic rings. The van der Waals surface area contributed by atoms with Gasteiger partial charge in [-0.1, -0.05) is 6.07 Å². The van der Waals surface area contributed by atoms with Crippen LogP contribution in [0.3, 0.4) is 0 Å². The van der Waals surface area contributed by atoms with E-state index in [-0.39, 0.29) is 16.8 Å². The topological polar surface area (TPSA) is 108 Å². The van der Waals surface area contributed by atoms with Gasteiger partial charge >= 0.3 is 11.9 Å². The van der Waals surface area contributed by atoms with E-state index in [9.17, 15) is 19.8 Å². The summed E-state index contributed by atoms with van der Waals surface area (Å²) in [7, 11) is 5.38. The Kier molecular flexibility index (Phi) is 6.62. The molecule has 8 nitrogen and oxygen atoms in total. The van der Waals surface area contributed by atoms with Crippen LogP contribution in [0, 0.1) is 0 Å². The third kappa shape index (κ3) is 5.11. The fourth-order valence-corrected chi connectivity index (χ4v) is 2.42. The van der Waals surface area contributed by atoms with Gasteiger partial charge in [0.15, 0.2) is 0 Å². The van der Waals surface area contributed by atoms with E-state index in [2.05, 4.69) is 5.32 Å². The van der Waals surface area contributed by atoms with Crippen molar-refractivity contribution >= 4 is 23.3 Å². The van der Waals surface area contributed by atoms with E-state index in [4.69, 9.17) is 9.47 Å². The summed E-state index contributed by atoms with van der Waals surface area (Å²) in [6, 6.07) is 9.31. The molecule has 0 aliphatic rings. The molecule has 0 atom stereocenters. The van der Waals surface area contributed by atoms with Crippen LogP contribution < -0.4 is 14.8 Å². The summed E-state index contributed by atoms with van der Waals surface area (Å²) in [6.45, 7) is 1.26. The number of likely N-dealkylation sites (N-methyl/N-ethyl adjacent to an activating group) is 1. The minimum atomic E-state index is -1.34. The second-order valence-electron chi connectivity index (χ2n) is 5.98. The molecule has 144 valence electrons. The Balaban J connectivity index is 2.31. The fraction of sp³-hybridized carbons (Fsp3) is 0.263. The van der Waals surface area contributed by atoms with Gasteiger partial charge in [0.25, 0.3) is 0 Å². The molecule has 0 radical (unpaired) electrons. The molecule has 0 fully saturated rings. The van der Waals surface area contributed by atoms with Gasteiger partial charge in [-0.15, -0.1) is 0 Å². The minimum absolute atomic E-state index is 0.155. The monoisotopic (exact) mass is 374 g/mol. The Hall–Kier alpha value is -3.26. The van der Waals surface area contributed by atoms with Gasteiger partial charge in [0, 0.05) is 12.6 Å². The molecule has 0 saturated carbocycles. The fourth-order valence-electron chi connectivity index (χ4n) is 2.42. The molecule has 8 heteroatoms. The van der Waals surface area contributed by atoms with Crippen molar-refractivity contribution in [3.8, 4) is 11.5 Å². The molecule has 2 rings (SSSR count). The number of benzene rings is 2. The molecule has 0 saturated heterocycles. The van der Waals surface area contributed by atoms with Gasteiger partial charge in [0.2, 0.25) is 0 Å². The zero-order valence-corrected chi connectivity index (χ0v) is 15.4. The lowest BCUT2D eigenvalue weighted by atomic mass is 10.0. The predicted octanol–water partition coefficient (Wildman–Crippen LogP) is 2.78. The number of carboxylic acid groups (broad SMARTS) is 2. The molecule has 0 heterocycles. The van der Waals surface area contributed by atoms with E-state index in [1.54, 1.807) is 18.2 Å². The lowest BCUT2D eigenvalue weighted by Gasteiger charge is -2.16. The Morgan fingerprint density at radius 2 is 1.81 bits per heavy atom. The number of methoxy groups -OCH3 is 1. The van der Waals surface area contributed by atoms with Crippen LogP contribution in [0.1, 0.15) is 20.7 Å². The van der Waals surface area contributed by atoms with Gasteiger partial charge in [0.05, 0.1) is 29.6 Å². The first-order valence-electron chi connectivity index (χ1n) is 8.15. The van der Waals surface area contributed by atoms with Crippen LogP contribution in [-0.4, -0.2) is 61.4 Å². The van der Waals surface area contributed by atoms with E-state index in [1.807, 2.05) is 19.0 Å². The molecule has 2 aromatic carbocycles. The molecular weight excluding hydrogens is 352 g/mol. The highest BCUT2D eigenvalue weighted by Crippen LogP contribution is 2.33. The molecule has 0 spiro atoms. The number of anilines is 2. The molecule has 0 amide bonds. The summed E-state index contributed by atoms with van der Waals surface area (Å²) in [6.07, 6.45) is 0. The van der Waals surface area contributed by atoms with Crippen LogP contribution in [0.5, 0.6) is 11.5 Å². The quantitative estimate of drug-likeness (QED) is 0.615. The standard InChI is InChI=1S/C19H22N2O6/c1-21(2)9-10-27-12-7-8-14(16(11-12)26-3)20-15-6-4-5-13(18(22)23)17(15)19(24)25/h4-8,11,20H,9-10H2,1-3H3,(H,22,23)(H,24,25). The van der Waals surface area contributed by atoms with E-state index in [0.717, 1.165) is 6.54 Å². The maximum absolute atomic E-state index is 11.6. The SMILES string of the molecule is COc1cc(OCCN(C)C)ccc1Nc1cccc(C(=O)O)c1C(=O)O. The van der Waals surface area contributed by atoms with Crippen LogP contribution in [0.4, 0.5) is 11.4 Å². The number of ether oxygens (including phenoxy) is 2. The summed E-state index contributed by atoms with van der Waals surface area (Å²) in [4.78, 5) is 24.9. The highest BCUT2D eigenvalue weighted by molar-refractivity contribution is 6.06. The molecule has 0 unspecified atom stereocenters. The Bertz CT molecular complexity index is 835. The third-order valence-corrected chi connectivity index (χ3v) is 3.76. The second-order valence-corrected chi connectivity index (χ2v) is 5.98. The smallest absolute Gasteiger partial charge is 0.338 e. The van der Waals surface area contributed by atoms with E-state index < -0.39 is 11.9 Å². The van der Waals surface area contributed by atoms with Crippen molar-refractivity contribution in [1.82, 2.24) is 4.90 Å². The van der Waals surface area contributed by atoms with Crippen molar-refractivity contribution in [1.29, 1.82) is 0 Å². The van der Waals surface area contributed by atoms with Gasteiger partial charge in [-0.2, -0.15) is 0 Å².